The van der Waals surface area contributed by atoms with Crippen LogP contribution in [0.1, 0.15) is 0 Å². The molecule has 86 valence electrons. The maximum Gasteiger partial charge on any atom is 0.318 e. The highest BCUT2D eigenvalue weighted by molar-refractivity contribution is 9.10. The van der Waals surface area contributed by atoms with E-state index in [1.54, 1.807) is 0 Å². The van der Waals surface area contributed by atoms with E-state index in [1.165, 1.54) is 18.2 Å². The minimum absolute atomic E-state index is 0.223. The summed E-state index contributed by atoms with van der Waals surface area (Å²) >= 11 is 2.96. The quantitative estimate of drug-likeness (QED) is 0.876. The number of hydrogen-bond acceptors (Lipinski definition) is 3. The molecule has 7 heteroatoms. The first-order chi connectivity index (χ1) is 7.49. The normalized spacial score (nSPS) is 9.62. The molecule has 0 saturated heterocycles. The lowest BCUT2D eigenvalue weighted by atomic mass is 10.3. The standard InChI is InChI=1S/C9H8BrFN2O3/c10-6-3-5(1-2-7(6)11)16-4-8(14)13-9(12)15/h1-3H,4H2,(H3,12,13,14,15). The summed E-state index contributed by atoms with van der Waals surface area (Å²) in [5.41, 5.74) is 4.72. The Kier molecular flexibility index (Phi) is 4.24. The predicted octanol–water partition coefficient (Wildman–Crippen LogP) is 1.16. The van der Waals surface area contributed by atoms with Gasteiger partial charge in [-0.2, -0.15) is 0 Å². The third-order valence-corrected chi connectivity index (χ3v) is 2.13. The topological polar surface area (TPSA) is 81.4 Å². The molecule has 0 aromatic heterocycles. The maximum atomic E-state index is 12.8. The second-order valence-corrected chi connectivity index (χ2v) is 3.63. The minimum atomic E-state index is -0.950. The third-order valence-electron chi connectivity index (χ3n) is 1.52. The fourth-order valence-electron chi connectivity index (χ4n) is 0.889. The van der Waals surface area contributed by atoms with Gasteiger partial charge >= 0.3 is 6.03 Å². The lowest BCUT2D eigenvalue weighted by Crippen LogP contribution is -2.38. The van der Waals surface area contributed by atoms with Gasteiger partial charge in [0.1, 0.15) is 11.6 Å². The van der Waals surface area contributed by atoms with Crippen molar-refractivity contribution in [3.05, 3.63) is 28.5 Å². The molecule has 0 heterocycles. The van der Waals surface area contributed by atoms with E-state index in [1.807, 2.05) is 5.32 Å². The number of halogens is 2. The molecule has 0 aliphatic carbocycles. The monoisotopic (exact) mass is 290 g/mol. The zero-order valence-electron chi connectivity index (χ0n) is 8.00. The van der Waals surface area contributed by atoms with Crippen LogP contribution >= 0.6 is 15.9 Å². The summed E-state index contributed by atoms with van der Waals surface area (Å²) in [6, 6.07) is 2.96. The van der Waals surface area contributed by atoms with Gasteiger partial charge in [0.2, 0.25) is 0 Å². The summed E-state index contributed by atoms with van der Waals surface area (Å²) in [6.45, 7) is -0.374. The van der Waals surface area contributed by atoms with Gasteiger partial charge in [-0.1, -0.05) is 0 Å². The molecule has 1 rings (SSSR count). The first kappa shape index (κ1) is 12.4. The average Bonchev–Trinajstić information content (AvgIpc) is 2.19. The first-order valence-electron chi connectivity index (χ1n) is 4.16. The van der Waals surface area contributed by atoms with E-state index in [0.29, 0.717) is 5.75 Å². The van der Waals surface area contributed by atoms with E-state index in [2.05, 4.69) is 15.9 Å². The molecule has 3 N–H and O–H groups in total. The van der Waals surface area contributed by atoms with E-state index in [4.69, 9.17) is 10.5 Å². The van der Waals surface area contributed by atoms with Gasteiger partial charge in [0.25, 0.3) is 5.91 Å². The largest absolute Gasteiger partial charge is 0.484 e. The predicted molar refractivity (Wildman–Crippen MR) is 57.3 cm³/mol. The number of carbonyl (C=O) groups excluding carboxylic acids is 2. The van der Waals surface area contributed by atoms with Gasteiger partial charge in [0.05, 0.1) is 4.47 Å². The Morgan fingerprint density at radius 3 is 2.75 bits per heavy atom. The smallest absolute Gasteiger partial charge is 0.318 e. The molecule has 1 aromatic carbocycles. The molecule has 0 aliphatic rings. The highest BCUT2D eigenvalue weighted by Gasteiger charge is 2.06. The van der Waals surface area contributed by atoms with Crippen LogP contribution in [0.25, 0.3) is 0 Å². The van der Waals surface area contributed by atoms with Crippen LogP contribution in [0.4, 0.5) is 9.18 Å². The van der Waals surface area contributed by atoms with Gasteiger partial charge in [0, 0.05) is 0 Å². The lowest BCUT2D eigenvalue weighted by Gasteiger charge is -2.05. The molecular formula is C9H8BrFN2O3. The van der Waals surface area contributed by atoms with Crippen LogP contribution in [0.5, 0.6) is 5.75 Å². The second kappa shape index (κ2) is 5.45. The average molecular weight is 291 g/mol. The van der Waals surface area contributed by atoms with E-state index >= 15 is 0 Å². The number of nitrogens with one attached hydrogen (secondary N) is 1. The number of urea groups is 1. The van der Waals surface area contributed by atoms with Crippen molar-refractivity contribution in [1.82, 2.24) is 5.32 Å². The molecule has 0 aliphatic heterocycles. The molecule has 0 radical (unpaired) electrons. The van der Waals surface area contributed by atoms with Crippen LogP contribution in [0.2, 0.25) is 0 Å². The van der Waals surface area contributed by atoms with Gasteiger partial charge < -0.3 is 10.5 Å². The molecule has 0 fully saturated rings. The summed E-state index contributed by atoms with van der Waals surface area (Å²) in [5.74, 6) is -0.810. The molecule has 0 saturated carbocycles. The molecule has 0 spiro atoms. The summed E-state index contributed by atoms with van der Waals surface area (Å²) in [5, 5.41) is 1.83. The molecule has 0 atom stereocenters. The Labute approximate surface area is 98.9 Å². The number of hydrogen-bond donors (Lipinski definition) is 2. The maximum absolute atomic E-state index is 12.8. The summed E-state index contributed by atoms with van der Waals surface area (Å²) < 4.78 is 18.0. The highest BCUT2D eigenvalue weighted by atomic mass is 79.9. The van der Waals surface area contributed by atoms with Gasteiger partial charge in [-0.15, -0.1) is 0 Å². The van der Waals surface area contributed by atoms with Gasteiger partial charge in [-0.25, -0.2) is 9.18 Å². The zero-order valence-corrected chi connectivity index (χ0v) is 9.58. The van der Waals surface area contributed by atoms with Crippen LogP contribution in [-0.4, -0.2) is 18.5 Å². The van der Waals surface area contributed by atoms with Crippen LogP contribution in [0.3, 0.4) is 0 Å². The number of ether oxygens (including phenoxy) is 1. The van der Waals surface area contributed by atoms with Crippen molar-refractivity contribution in [3.63, 3.8) is 0 Å². The number of nitrogens with two attached hydrogens (primary N) is 1. The van der Waals surface area contributed by atoms with Gasteiger partial charge in [-0.05, 0) is 34.1 Å². The van der Waals surface area contributed by atoms with Gasteiger partial charge in [0.15, 0.2) is 6.61 Å². The minimum Gasteiger partial charge on any atom is -0.484 e. The first-order valence-corrected chi connectivity index (χ1v) is 4.95. The second-order valence-electron chi connectivity index (χ2n) is 2.78. The Balaban J connectivity index is 2.51. The van der Waals surface area contributed by atoms with E-state index in [-0.39, 0.29) is 11.1 Å². The summed E-state index contributed by atoms with van der Waals surface area (Å²) in [4.78, 5) is 21.3. The van der Waals surface area contributed by atoms with Crippen molar-refractivity contribution >= 4 is 27.9 Å². The molecule has 0 unspecified atom stereocenters. The van der Waals surface area contributed by atoms with Gasteiger partial charge in [-0.3, -0.25) is 10.1 Å². The van der Waals surface area contributed by atoms with Crippen LogP contribution in [0, 0.1) is 5.82 Å². The SMILES string of the molecule is NC(=O)NC(=O)COc1ccc(F)c(Br)c1. The van der Waals surface area contributed by atoms with Crippen molar-refractivity contribution in [1.29, 1.82) is 0 Å². The molecule has 1 aromatic rings. The molecule has 16 heavy (non-hydrogen) atoms. The fourth-order valence-corrected chi connectivity index (χ4v) is 1.25. The molecule has 0 bridgehead atoms. The molecular weight excluding hydrogens is 283 g/mol. The third kappa shape index (κ3) is 3.85. The van der Waals surface area contributed by atoms with Crippen LogP contribution in [-0.2, 0) is 4.79 Å². The Bertz CT molecular complexity index is 425. The van der Waals surface area contributed by atoms with Crippen LogP contribution in [0.15, 0.2) is 22.7 Å². The number of amides is 3. The van der Waals surface area contributed by atoms with E-state index < -0.39 is 17.8 Å². The Hall–Kier alpha value is -1.63. The van der Waals surface area contributed by atoms with E-state index in [0.717, 1.165) is 0 Å². The Morgan fingerprint density at radius 2 is 2.19 bits per heavy atom. The fraction of sp³-hybridized carbons (Fsp3) is 0.111. The molecule has 3 amide bonds. The number of benzene rings is 1. The zero-order chi connectivity index (χ0) is 12.1. The number of rotatable bonds is 3. The Morgan fingerprint density at radius 1 is 1.50 bits per heavy atom. The molecule has 5 nitrogen and oxygen atoms in total. The number of carbonyl (C=O) groups is 2. The van der Waals surface area contributed by atoms with Crippen molar-refractivity contribution in [2.24, 2.45) is 5.73 Å². The number of imide groups is 1. The van der Waals surface area contributed by atoms with E-state index in [9.17, 15) is 14.0 Å². The summed E-state index contributed by atoms with van der Waals surface area (Å²) in [7, 11) is 0. The van der Waals surface area contributed by atoms with Crippen molar-refractivity contribution in [2.75, 3.05) is 6.61 Å². The summed E-state index contributed by atoms with van der Waals surface area (Å²) in [6.07, 6.45) is 0. The van der Waals surface area contributed by atoms with Crippen molar-refractivity contribution in [2.45, 2.75) is 0 Å². The van der Waals surface area contributed by atoms with Crippen molar-refractivity contribution < 1.29 is 18.7 Å². The highest BCUT2D eigenvalue weighted by Crippen LogP contribution is 2.21. The lowest BCUT2D eigenvalue weighted by molar-refractivity contribution is -0.121. The number of primary amides is 1. The van der Waals surface area contributed by atoms with Crippen molar-refractivity contribution in [3.8, 4) is 5.75 Å². The van der Waals surface area contributed by atoms with Crippen LogP contribution < -0.4 is 15.8 Å².